The number of benzene rings is 1. The lowest BCUT2D eigenvalue weighted by Gasteiger charge is -2.06. The molecule has 0 aliphatic carbocycles. The number of halogens is 1. The van der Waals surface area contributed by atoms with Gasteiger partial charge in [0.25, 0.3) is 0 Å². The maximum Gasteiger partial charge on any atom is 0.0314 e. The van der Waals surface area contributed by atoms with Crippen LogP contribution >= 0.6 is 23.4 Å². The van der Waals surface area contributed by atoms with E-state index in [1.165, 1.54) is 11.1 Å². The number of hydrogen-bond acceptors (Lipinski definition) is 1. The molecular weight excluding hydrogens is 212 g/mol. The summed E-state index contributed by atoms with van der Waals surface area (Å²) in [6.45, 7) is 4.44. The Kier molecular flexibility index (Phi) is 5.42. The number of rotatable bonds is 5. The minimum atomic E-state index is 0.625. The fourth-order valence-corrected chi connectivity index (χ4v) is 2.25. The zero-order valence-corrected chi connectivity index (χ0v) is 10.4. The Balaban J connectivity index is 2.47. The van der Waals surface area contributed by atoms with Crippen LogP contribution in [0.5, 0.6) is 0 Å². The van der Waals surface area contributed by atoms with Crippen molar-refractivity contribution < 1.29 is 0 Å². The first kappa shape index (κ1) is 11.9. The zero-order chi connectivity index (χ0) is 10.4. The molecule has 0 saturated heterocycles. The van der Waals surface area contributed by atoms with Crippen molar-refractivity contribution in [2.24, 2.45) is 0 Å². The number of thioether (sulfide) groups is 1. The second kappa shape index (κ2) is 6.36. The summed E-state index contributed by atoms with van der Waals surface area (Å²) >= 11 is 7.50. The maximum absolute atomic E-state index is 5.61. The van der Waals surface area contributed by atoms with Gasteiger partial charge in [-0.05, 0) is 17.0 Å². The lowest BCUT2D eigenvalue weighted by atomic mass is 10.0. The summed E-state index contributed by atoms with van der Waals surface area (Å²) in [6.07, 6.45) is 0. The van der Waals surface area contributed by atoms with Crippen LogP contribution in [0.1, 0.15) is 30.9 Å². The lowest BCUT2D eigenvalue weighted by Crippen LogP contribution is -1.88. The van der Waals surface area contributed by atoms with Crippen LogP contribution in [-0.4, -0.2) is 11.6 Å². The van der Waals surface area contributed by atoms with Crippen LogP contribution < -0.4 is 0 Å². The minimum absolute atomic E-state index is 0.625. The lowest BCUT2D eigenvalue weighted by molar-refractivity contribution is 0.866. The van der Waals surface area contributed by atoms with Gasteiger partial charge in [-0.15, -0.1) is 11.6 Å². The fraction of sp³-hybridized carbons (Fsp3) is 0.500. The Morgan fingerprint density at radius 1 is 1.21 bits per heavy atom. The Hall–Kier alpha value is -0.140. The van der Waals surface area contributed by atoms with Crippen molar-refractivity contribution in [2.45, 2.75) is 25.5 Å². The van der Waals surface area contributed by atoms with Crippen LogP contribution in [-0.2, 0) is 5.75 Å². The topological polar surface area (TPSA) is 0 Å². The standard InChI is InChI=1S/C12H17ClS/c1-10(2)12-5-3-11(4-6-12)9-14-8-7-13/h3-6,10H,7-9H2,1-2H3. The molecule has 0 radical (unpaired) electrons. The summed E-state index contributed by atoms with van der Waals surface area (Å²) < 4.78 is 0. The van der Waals surface area contributed by atoms with E-state index in [0.717, 1.165) is 17.4 Å². The van der Waals surface area contributed by atoms with Crippen LogP contribution in [0.25, 0.3) is 0 Å². The van der Waals surface area contributed by atoms with Crippen molar-refractivity contribution >= 4 is 23.4 Å². The van der Waals surface area contributed by atoms with Gasteiger partial charge in [0.15, 0.2) is 0 Å². The highest BCUT2D eigenvalue weighted by Gasteiger charge is 1.98. The highest BCUT2D eigenvalue weighted by molar-refractivity contribution is 7.98. The molecule has 2 heteroatoms. The largest absolute Gasteiger partial charge is 0.156 e. The molecule has 0 aliphatic rings. The van der Waals surface area contributed by atoms with E-state index in [1.54, 1.807) is 0 Å². The predicted molar refractivity (Wildman–Crippen MR) is 67.4 cm³/mol. The van der Waals surface area contributed by atoms with Crippen LogP contribution in [0.2, 0.25) is 0 Å². The molecular formula is C12H17ClS. The molecule has 78 valence electrons. The van der Waals surface area contributed by atoms with E-state index >= 15 is 0 Å². The molecule has 0 saturated carbocycles. The average molecular weight is 229 g/mol. The van der Waals surface area contributed by atoms with Gasteiger partial charge in [-0.3, -0.25) is 0 Å². The molecule has 0 amide bonds. The SMILES string of the molecule is CC(C)c1ccc(CSCCCl)cc1. The molecule has 14 heavy (non-hydrogen) atoms. The Labute approximate surface area is 96.0 Å². The van der Waals surface area contributed by atoms with Crippen molar-refractivity contribution in [1.29, 1.82) is 0 Å². The van der Waals surface area contributed by atoms with Crippen molar-refractivity contribution in [3.63, 3.8) is 0 Å². The first-order valence-corrected chi connectivity index (χ1v) is 6.65. The summed E-state index contributed by atoms with van der Waals surface area (Å²) in [5, 5.41) is 0. The Morgan fingerprint density at radius 3 is 2.36 bits per heavy atom. The van der Waals surface area contributed by atoms with Crippen LogP contribution in [0.3, 0.4) is 0 Å². The van der Waals surface area contributed by atoms with Gasteiger partial charge in [0.1, 0.15) is 0 Å². The van der Waals surface area contributed by atoms with E-state index < -0.39 is 0 Å². The van der Waals surface area contributed by atoms with E-state index in [0.29, 0.717) is 5.92 Å². The second-order valence-electron chi connectivity index (χ2n) is 3.64. The first-order valence-electron chi connectivity index (χ1n) is 4.96. The molecule has 0 unspecified atom stereocenters. The van der Waals surface area contributed by atoms with Gasteiger partial charge >= 0.3 is 0 Å². The Morgan fingerprint density at radius 2 is 1.86 bits per heavy atom. The normalized spacial score (nSPS) is 10.9. The third-order valence-corrected chi connectivity index (χ3v) is 3.58. The summed E-state index contributed by atoms with van der Waals surface area (Å²) in [6, 6.07) is 8.88. The molecule has 0 fully saturated rings. The Bertz CT molecular complexity index is 254. The van der Waals surface area contributed by atoms with Gasteiger partial charge in [-0.25, -0.2) is 0 Å². The summed E-state index contributed by atoms with van der Waals surface area (Å²) in [5.41, 5.74) is 2.81. The van der Waals surface area contributed by atoms with Crippen LogP contribution in [0, 0.1) is 0 Å². The molecule has 1 rings (SSSR count). The van der Waals surface area contributed by atoms with Crippen molar-refractivity contribution in [3.05, 3.63) is 35.4 Å². The second-order valence-corrected chi connectivity index (χ2v) is 5.12. The molecule has 1 aromatic rings. The fourth-order valence-electron chi connectivity index (χ4n) is 1.24. The summed E-state index contributed by atoms with van der Waals surface area (Å²) in [5.74, 6) is 3.48. The molecule has 0 heterocycles. The molecule has 0 aliphatic heterocycles. The van der Waals surface area contributed by atoms with Crippen molar-refractivity contribution in [1.82, 2.24) is 0 Å². The third kappa shape index (κ3) is 3.93. The van der Waals surface area contributed by atoms with E-state index in [2.05, 4.69) is 38.1 Å². The summed E-state index contributed by atoms with van der Waals surface area (Å²) in [4.78, 5) is 0. The molecule has 0 atom stereocenters. The van der Waals surface area contributed by atoms with E-state index in [9.17, 15) is 0 Å². The van der Waals surface area contributed by atoms with E-state index in [1.807, 2.05) is 11.8 Å². The smallest absolute Gasteiger partial charge is 0.0314 e. The molecule has 0 nitrogen and oxygen atoms in total. The minimum Gasteiger partial charge on any atom is -0.156 e. The molecule has 0 aromatic heterocycles. The van der Waals surface area contributed by atoms with Crippen LogP contribution in [0.15, 0.2) is 24.3 Å². The molecule has 0 N–H and O–H groups in total. The first-order chi connectivity index (χ1) is 6.74. The van der Waals surface area contributed by atoms with Gasteiger partial charge in [-0.1, -0.05) is 38.1 Å². The third-order valence-electron chi connectivity index (χ3n) is 2.14. The van der Waals surface area contributed by atoms with Crippen LogP contribution in [0.4, 0.5) is 0 Å². The highest BCUT2D eigenvalue weighted by Crippen LogP contribution is 2.17. The maximum atomic E-state index is 5.61. The number of hydrogen-bond donors (Lipinski definition) is 0. The molecule has 1 aromatic carbocycles. The van der Waals surface area contributed by atoms with Crippen molar-refractivity contribution in [2.75, 3.05) is 11.6 Å². The molecule has 0 spiro atoms. The quantitative estimate of drug-likeness (QED) is 0.536. The van der Waals surface area contributed by atoms with Gasteiger partial charge in [0, 0.05) is 17.4 Å². The zero-order valence-electron chi connectivity index (χ0n) is 8.79. The van der Waals surface area contributed by atoms with Gasteiger partial charge in [0.05, 0.1) is 0 Å². The van der Waals surface area contributed by atoms with E-state index in [-0.39, 0.29) is 0 Å². The van der Waals surface area contributed by atoms with Gasteiger partial charge in [-0.2, -0.15) is 11.8 Å². The van der Waals surface area contributed by atoms with Gasteiger partial charge < -0.3 is 0 Å². The summed E-state index contributed by atoms with van der Waals surface area (Å²) in [7, 11) is 0. The average Bonchev–Trinajstić information content (AvgIpc) is 2.19. The van der Waals surface area contributed by atoms with E-state index in [4.69, 9.17) is 11.6 Å². The molecule has 0 bridgehead atoms. The monoisotopic (exact) mass is 228 g/mol. The number of alkyl halides is 1. The van der Waals surface area contributed by atoms with Crippen molar-refractivity contribution in [3.8, 4) is 0 Å². The predicted octanol–water partition coefficient (Wildman–Crippen LogP) is 4.28. The highest BCUT2D eigenvalue weighted by atomic mass is 35.5. The van der Waals surface area contributed by atoms with Gasteiger partial charge in [0.2, 0.25) is 0 Å².